The highest BCUT2D eigenvalue weighted by molar-refractivity contribution is 5.97. The van der Waals surface area contributed by atoms with Gasteiger partial charge in [-0.25, -0.2) is 0 Å². The van der Waals surface area contributed by atoms with Gasteiger partial charge in [-0.3, -0.25) is 9.59 Å². The van der Waals surface area contributed by atoms with Crippen LogP contribution in [0, 0.1) is 0 Å². The molecule has 0 spiro atoms. The van der Waals surface area contributed by atoms with Crippen LogP contribution in [0.25, 0.3) is 0 Å². The van der Waals surface area contributed by atoms with Crippen LogP contribution in [-0.2, 0) is 15.5 Å². The second-order valence-electron chi connectivity index (χ2n) is 5.29. The maximum absolute atomic E-state index is 14.3. The number of carbonyl (C=O) groups is 2. The summed E-state index contributed by atoms with van der Waals surface area (Å²) in [5.41, 5.74) is -1.46. The number of hydrogen-bond acceptors (Lipinski definition) is 2. The molecule has 108 valence electrons. The molecular weight excluding hydrogens is 266 g/mol. The minimum Gasteiger partial charge on any atom is -0.345 e. The zero-order chi connectivity index (χ0) is 15.0. The van der Waals surface area contributed by atoms with E-state index in [9.17, 15) is 18.4 Å². The van der Waals surface area contributed by atoms with E-state index in [4.69, 9.17) is 0 Å². The number of nitrogens with one attached hydrogen (secondary N) is 1. The molecule has 1 saturated heterocycles. The van der Waals surface area contributed by atoms with Crippen molar-refractivity contribution in [3.63, 3.8) is 0 Å². The average Bonchev–Trinajstić information content (AvgIpc) is 2.41. The summed E-state index contributed by atoms with van der Waals surface area (Å²) in [6, 6.07) is 7.28. The first-order valence-electron chi connectivity index (χ1n) is 6.27. The van der Waals surface area contributed by atoms with E-state index in [0.717, 1.165) is 4.90 Å². The molecule has 0 atom stereocenters. The number of hydrogen-bond donors (Lipinski definition) is 1. The highest BCUT2D eigenvalue weighted by Gasteiger charge is 2.46. The van der Waals surface area contributed by atoms with E-state index in [0.29, 0.717) is 0 Å². The molecule has 1 aromatic carbocycles. The molecule has 1 aromatic rings. The summed E-state index contributed by atoms with van der Waals surface area (Å²) < 4.78 is 28.5. The van der Waals surface area contributed by atoms with Crippen LogP contribution in [0.2, 0.25) is 0 Å². The van der Waals surface area contributed by atoms with Crippen LogP contribution in [0.15, 0.2) is 30.3 Å². The van der Waals surface area contributed by atoms with E-state index in [2.05, 4.69) is 5.32 Å². The molecule has 1 aliphatic heterocycles. The van der Waals surface area contributed by atoms with Crippen molar-refractivity contribution in [2.24, 2.45) is 0 Å². The lowest BCUT2D eigenvalue weighted by Crippen LogP contribution is -2.65. The van der Waals surface area contributed by atoms with Crippen LogP contribution in [0.5, 0.6) is 0 Å². The van der Waals surface area contributed by atoms with Gasteiger partial charge >= 0.3 is 0 Å². The largest absolute Gasteiger partial charge is 0.345 e. The molecule has 4 nitrogen and oxygen atoms in total. The molecule has 1 heterocycles. The van der Waals surface area contributed by atoms with Gasteiger partial charge in [0.1, 0.15) is 5.54 Å². The van der Waals surface area contributed by atoms with E-state index in [1.165, 1.54) is 38.1 Å². The number of piperazine rings is 1. The molecule has 6 heteroatoms. The van der Waals surface area contributed by atoms with Crippen molar-refractivity contribution in [1.82, 2.24) is 10.2 Å². The van der Waals surface area contributed by atoms with Crippen molar-refractivity contribution < 1.29 is 18.4 Å². The van der Waals surface area contributed by atoms with E-state index in [-0.39, 0.29) is 12.1 Å². The van der Waals surface area contributed by atoms with E-state index in [1.54, 1.807) is 6.07 Å². The summed E-state index contributed by atoms with van der Waals surface area (Å²) in [7, 11) is 0. The van der Waals surface area contributed by atoms with Gasteiger partial charge in [0.05, 0.1) is 13.1 Å². The third-order valence-corrected chi connectivity index (χ3v) is 3.48. The number of nitrogens with zero attached hydrogens (tertiary/aromatic N) is 1. The van der Waals surface area contributed by atoms with Crippen molar-refractivity contribution in [2.75, 3.05) is 13.1 Å². The number of benzene rings is 1. The Labute approximate surface area is 115 Å². The first kappa shape index (κ1) is 14.4. The first-order chi connectivity index (χ1) is 9.25. The van der Waals surface area contributed by atoms with Gasteiger partial charge in [-0.05, 0) is 13.8 Å². The van der Waals surface area contributed by atoms with Gasteiger partial charge in [-0.15, -0.1) is 0 Å². The van der Waals surface area contributed by atoms with E-state index < -0.39 is 29.8 Å². The highest BCUT2D eigenvalue weighted by Crippen LogP contribution is 2.32. The summed E-state index contributed by atoms with van der Waals surface area (Å²) in [4.78, 5) is 24.5. The van der Waals surface area contributed by atoms with Gasteiger partial charge in [-0.1, -0.05) is 30.3 Å². The molecule has 1 N–H and O–H groups in total. The number of rotatable bonds is 3. The lowest BCUT2D eigenvalue weighted by atomic mass is 9.96. The molecule has 20 heavy (non-hydrogen) atoms. The standard InChI is InChI=1S/C14H16F2N2O2/c1-13(2)12(20)17-8-11(19)18(13)9-14(15,16)10-6-4-3-5-7-10/h3-7H,8-9H2,1-2H3,(H,17,20). The Hall–Kier alpha value is -1.98. The predicted octanol–water partition coefficient (Wildman–Crippen LogP) is 1.52. The van der Waals surface area contributed by atoms with Crippen LogP contribution >= 0.6 is 0 Å². The molecule has 1 fully saturated rings. The molecule has 0 saturated carbocycles. The van der Waals surface area contributed by atoms with Crippen molar-refractivity contribution in [3.05, 3.63) is 35.9 Å². The molecule has 0 bridgehead atoms. The molecule has 0 aromatic heterocycles. The van der Waals surface area contributed by atoms with Gasteiger partial charge in [0.2, 0.25) is 11.8 Å². The number of alkyl halides is 2. The van der Waals surface area contributed by atoms with Crippen LogP contribution in [0.1, 0.15) is 19.4 Å². The Kier molecular flexibility index (Phi) is 3.50. The van der Waals surface area contributed by atoms with Gasteiger partial charge < -0.3 is 10.2 Å². The third-order valence-electron chi connectivity index (χ3n) is 3.48. The van der Waals surface area contributed by atoms with Crippen LogP contribution in [-0.4, -0.2) is 35.3 Å². The normalized spacial score (nSPS) is 18.9. The van der Waals surface area contributed by atoms with Crippen LogP contribution < -0.4 is 5.32 Å². The Morgan fingerprint density at radius 2 is 1.85 bits per heavy atom. The Morgan fingerprint density at radius 1 is 1.25 bits per heavy atom. The number of carbonyl (C=O) groups excluding carboxylic acids is 2. The van der Waals surface area contributed by atoms with Gasteiger partial charge in [-0.2, -0.15) is 8.78 Å². The van der Waals surface area contributed by atoms with E-state index >= 15 is 0 Å². The minimum absolute atomic E-state index is 0.172. The lowest BCUT2D eigenvalue weighted by Gasteiger charge is -2.42. The molecule has 1 aliphatic rings. The number of amides is 2. The molecule has 0 aliphatic carbocycles. The predicted molar refractivity (Wildman–Crippen MR) is 69.1 cm³/mol. The molecule has 0 radical (unpaired) electrons. The zero-order valence-electron chi connectivity index (χ0n) is 11.3. The highest BCUT2D eigenvalue weighted by atomic mass is 19.3. The van der Waals surface area contributed by atoms with Gasteiger partial charge in [0.15, 0.2) is 0 Å². The monoisotopic (exact) mass is 282 g/mol. The third kappa shape index (κ3) is 2.50. The maximum atomic E-state index is 14.3. The number of halogens is 2. The zero-order valence-corrected chi connectivity index (χ0v) is 11.3. The van der Waals surface area contributed by atoms with E-state index in [1.807, 2.05) is 0 Å². The summed E-state index contributed by atoms with van der Waals surface area (Å²) in [5, 5.41) is 2.40. The summed E-state index contributed by atoms with van der Waals surface area (Å²) >= 11 is 0. The SMILES string of the molecule is CC1(C)C(=O)NCC(=O)N1CC(F)(F)c1ccccc1. The maximum Gasteiger partial charge on any atom is 0.290 e. The second-order valence-corrected chi connectivity index (χ2v) is 5.29. The van der Waals surface area contributed by atoms with Crippen molar-refractivity contribution in [3.8, 4) is 0 Å². The quantitative estimate of drug-likeness (QED) is 0.913. The van der Waals surface area contributed by atoms with Crippen LogP contribution in [0.3, 0.4) is 0 Å². The fourth-order valence-corrected chi connectivity index (χ4v) is 2.16. The molecular formula is C14H16F2N2O2. The minimum atomic E-state index is -3.20. The fraction of sp³-hybridized carbons (Fsp3) is 0.429. The Balaban J connectivity index is 2.27. The first-order valence-corrected chi connectivity index (χ1v) is 6.27. The Bertz CT molecular complexity index is 529. The van der Waals surface area contributed by atoms with Crippen molar-refractivity contribution in [1.29, 1.82) is 0 Å². The topological polar surface area (TPSA) is 49.4 Å². The average molecular weight is 282 g/mol. The smallest absolute Gasteiger partial charge is 0.290 e. The summed E-state index contributed by atoms with van der Waals surface area (Å²) in [6.45, 7) is 1.87. The van der Waals surface area contributed by atoms with Crippen molar-refractivity contribution in [2.45, 2.75) is 25.3 Å². The van der Waals surface area contributed by atoms with Gasteiger partial charge in [0.25, 0.3) is 5.92 Å². The van der Waals surface area contributed by atoms with Crippen molar-refractivity contribution >= 4 is 11.8 Å². The second kappa shape index (κ2) is 4.85. The molecule has 0 unspecified atom stereocenters. The van der Waals surface area contributed by atoms with Gasteiger partial charge in [0, 0.05) is 5.56 Å². The molecule has 2 amide bonds. The molecule has 2 rings (SSSR count). The lowest BCUT2D eigenvalue weighted by molar-refractivity contribution is -0.158. The van der Waals surface area contributed by atoms with Crippen LogP contribution in [0.4, 0.5) is 8.78 Å². The summed E-state index contributed by atoms with van der Waals surface area (Å²) in [5.74, 6) is -4.14. The Morgan fingerprint density at radius 3 is 2.45 bits per heavy atom. The fourth-order valence-electron chi connectivity index (χ4n) is 2.16. The summed E-state index contributed by atoms with van der Waals surface area (Å²) in [6.07, 6.45) is 0.